The molecule has 15 aliphatic rings. The molecule has 0 unspecified atom stereocenters. The van der Waals surface area contributed by atoms with E-state index in [1.54, 1.807) is 33.4 Å². The Morgan fingerprint density at radius 2 is 0.463 bits per heavy atom. The summed E-state index contributed by atoms with van der Waals surface area (Å²) in [4.78, 5) is 7.11. The molecule has 0 aliphatic heterocycles. The van der Waals surface area contributed by atoms with Crippen LogP contribution in [0.2, 0.25) is 0 Å². The van der Waals surface area contributed by atoms with E-state index in [1.807, 2.05) is 23.5 Å². The molecule has 12 bridgehead atoms. The first-order valence-corrected chi connectivity index (χ1v) is 55.5. The standard InChI is InChI=1S/C50H41N.C46H37NO.C46H37NS/c1-2-11-41(12-3-1)51(43-24-19-37(20-25-43)45-15-8-10-36-9-4-5-13-44(36)45)42-22-17-35(18-23-42)38-21-26-49-47(32-38)46-14-6-7-16-48(46)50(49)39-28-33-27-34(30-39)31-40(50)29-33;2*1-2-8-35(9-3-1)47(37-19-21-45-41(28-37)39-11-5-7-13-44(39)48-45)36-17-14-31(15-18-36)32-16-20-43-40(27-32)38-10-4-6-12-42(38)46(43)33-23-29-22-30(25-33)26-34(46)24-29/h1-26,32-34,39-40H,27-31H2;2*1-21,27-30,33-34H,22-26H2. The molecule has 3 spiro atoms. The molecular formula is C142H115N3OS. The molecule has 15 aliphatic carbocycles. The largest absolute Gasteiger partial charge is 0.456 e. The van der Waals surface area contributed by atoms with Gasteiger partial charge in [0.1, 0.15) is 11.2 Å². The highest BCUT2D eigenvalue weighted by molar-refractivity contribution is 7.25. The van der Waals surface area contributed by atoms with Crippen molar-refractivity contribution in [3.8, 4) is 77.9 Å². The summed E-state index contributed by atoms with van der Waals surface area (Å²) in [6, 6.07) is 165. The van der Waals surface area contributed by atoms with Crippen molar-refractivity contribution in [1.29, 1.82) is 0 Å². The summed E-state index contributed by atoms with van der Waals surface area (Å²) in [6.07, 6.45) is 21.6. The van der Waals surface area contributed by atoms with Gasteiger partial charge in [0.2, 0.25) is 0 Å². The van der Waals surface area contributed by atoms with E-state index in [1.165, 1.54) is 222 Å². The minimum atomic E-state index is 0.222. The van der Waals surface area contributed by atoms with Crippen LogP contribution in [0.25, 0.3) is 131 Å². The van der Waals surface area contributed by atoms with Gasteiger partial charge in [-0.2, -0.15) is 0 Å². The number of para-hydroxylation sites is 4. The van der Waals surface area contributed by atoms with Gasteiger partial charge in [-0.1, -0.05) is 291 Å². The second-order valence-electron chi connectivity index (χ2n) is 45.7. The lowest BCUT2D eigenvalue weighted by Gasteiger charge is -2.61. The number of nitrogens with zero attached hydrogens (tertiary/aromatic N) is 3. The monoisotopic (exact) mass is 1910 g/mol. The van der Waals surface area contributed by atoms with Gasteiger partial charge in [0.25, 0.3) is 0 Å². The Labute approximate surface area is 865 Å². The maximum Gasteiger partial charge on any atom is 0.135 e. The zero-order valence-corrected chi connectivity index (χ0v) is 83.7. The van der Waals surface area contributed by atoms with Gasteiger partial charge in [-0.3, -0.25) is 0 Å². The van der Waals surface area contributed by atoms with Crippen LogP contribution in [-0.2, 0) is 16.2 Å². The highest BCUT2D eigenvalue weighted by Gasteiger charge is 2.65. The van der Waals surface area contributed by atoms with E-state index in [0.717, 1.165) is 127 Å². The highest BCUT2D eigenvalue weighted by Crippen LogP contribution is 2.74. The van der Waals surface area contributed by atoms with Crippen molar-refractivity contribution in [1.82, 2.24) is 0 Å². The average molecular weight is 1910 g/mol. The Morgan fingerprint density at radius 1 is 0.177 bits per heavy atom. The van der Waals surface area contributed by atoms with E-state index in [9.17, 15) is 0 Å². The molecule has 12 saturated carbocycles. The van der Waals surface area contributed by atoms with E-state index in [4.69, 9.17) is 4.42 Å². The predicted molar refractivity (Wildman–Crippen MR) is 613 cm³/mol. The van der Waals surface area contributed by atoms with Crippen molar-refractivity contribution >= 4 is 115 Å². The van der Waals surface area contributed by atoms with Crippen LogP contribution in [0.15, 0.2) is 447 Å². The normalized spacial score (nSPS) is 24.4. The molecule has 0 N–H and O–H groups in total. The fourth-order valence-electron chi connectivity index (χ4n) is 33.5. The van der Waals surface area contributed by atoms with Crippen LogP contribution >= 0.6 is 11.3 Å². The number of hydrogen-bond acceptors (Lipinski definition) is 5. The van der Waals surface area contributed by atoms with E-state index < -0.39 is 0 Å². The molecule has 36 rings (SSSR count). The summed E-state index contributed by atoms with van der Waals surface area (Å²) >= 11 is 1.87. The number of fused-ring (bicyclic) bond motifs is 16. The fourth-order valence-corrected chi connectivity index (χ4v) is 34.6. The first kappa shape index (κ1) is 86.2. The maximum atomic E-state index is 6.16. The number of thiophene rings is 1. The lowest BCUT2D eigenvalue weighted by atomic mass is 9.43. The fraction of sp³-hybridized carbons (Fsp3) is 0.211. The molecule has 12 fully saturated rings. The van der Waals surface area contributed by atoms with Crippen molar-refractivity contribution in [2.24, 2.45) is 71.0 Å². The quantitative estimate of drug-likeness (QED) is 0.115. The predicted octanol–water partition coefficient (Wildman–Crippen LogP) is 38.7. The highest BCUT2D eigenvalue weighted by atomic mass is 32.1. The van der Waals surface area contributed by atoms with Gasteiger partial charge in [-0.05, 0) is 441 Å². The van der Waals surface area contributed by atoms with Crippen molar-refractivity contribution < 1.29 is 4.42 Å². The van der Waals surface area contributed by atoms with Gasteiger partial charge in [-0.25, -0.2) is 0 Å². The number of furan rings is 1. The van der Waals surface area contributed by atoms with Crippen molar-refractivity contribution in [3.05, 3.63) is 476 Å². The smallest absolute Gasteiger partial charge is 0.135 e. The third-order valence-corrected chi connectivity index (χ3v) is 39.7. The topological polar surface area (TPSA) is 22.9 Å². The van der Waals surface area contributed by atoms with Gasteiger partial charge >= 0.3 is 0 Å². The molecule has 147 heavy (non-hydrogen) atoms. The van der Waals surface area contributed by atoms with Gasteiger partial charge in [-0.15, -0.1) is 11.3 Å². The Bertz CT molecular complexity index is 8340. The zero-order chi connectivity index (χ0) is 96.3. The van der Waals surface area contributed by atoms with Crippen LogP contribution < -0.4 is 14.7 Å². The lowest BCUT2D eigenvalue weighted by Crippen LogP contribution is -2.55. The molecular weight excluding hydrogens is 1800 g/mol. The van der Waals surface area contributed by atoms with Crippen LogP contribution in [0.1, 0.15) is 130 Å². The van der Waals surface area contributed by atoms with Crippen LogP contribution in [0.4, 0.5) is 51.2 Å². The molecule has 0 radical (unpaired) electrons. The summed E-state index contributed by atoms with van der Waals surface area (Å²) in [7, 11) is 0. The zero-order valence-electron chi connectivity index (χ0n) is 82.8. The van der Waals surface area contributed by atoms with Crippen LogP contribution in [0.3, 0.4) is 0 Å². The van der Waals surface area contributed by atoms with Crippen LogP contribution in [0, 0.1) is 71.0 Å². The summed E-state index contributed by atoms with van der Waals surface area (Å²) in [6.45, 7) is 0. The van der Waals surface area contributed by atoms with E-state index in [0.29, 0.717) is 0 Å². The van der Waals surface area contributed by atoms with E-state index >= 15 is 0 Å². The number of rotatable bonds is 13. The minimum absolute atomic E-state index is 0.222. The van der Waals surface area contributed by atoms with Crippen LogP contribution in [0.5, 0.6) is 0 Å². The summed E-state index contributed by atoms with van der Waals surface area (Å²) in [5.74, 6) is 10.6. The third-order valence-electron chi connectivity index (χ3n) is 38.5. The molecule has 2 heterocycles. The van der Waals surface area contributed by atoms with Gasteiger partial charge in [0.15, 0.2) is 0 Å². The molecule has 4 nitrogen and oxygen atoms in total. The number of benzene rings is 19. The van der Waals surface area contributed by atoms with Crippen LogP contribution in [-0.4, -0.2) is 0 Å². The minimum Gasteiger partial charge on any atom is -0.456 e. The molecule has 0 saturated heterocycles. The van der Waals surface area contributed by atoms with Crippen molar-refractivity contribution in [2.45, 2.75) is 113 Å². The SMILES string of the molecule is c1ccc(N(c2ccc(-c3ccc4c(c3)-c3ccccc3C43C4CC5CC(C4)CC3C5)cc2)c2ccc(-c3cccc4ccccc34)cc2)cc1.c1ccc(N(c2ccc(-c3ccc4c(c3)-c3ccccc3C43C4CC5CC(C4)CC3C5)cc2)c2ccc3oc4ccccc4c3c2)cc1.c1ccc(N(c2ccc(-c3ccc4c(c3)-c3ccccc3C43C4CC5CC(C4)CC3C5)cc2)c2ccc3sc4ccccc4c3c2)cc1. The maximum absolute atomic E-state index is 6.16. The Hall–Kier alpha value is -15.1. The Balaban J connectivity index is 0.0000001000. The summed E-state index contributed by atoms with van der Waals surface area (Å²) in [5, 5.41) is 7.48. The van der Waals surface area contributed by atoms with Gasteiger partial charge < -0.3 is 19.1 Å². The molecule has 0 atom stereocenters. The van der Waals surface area contributed by atoms with Gasteiger partial charge in [0.05, 0.1) is 0 Å². The second-order valence-corrected chi connectivity index (χ2v) is 46.8. The average Bonchev–Trinajstić information content (AvgIpc) is 1.54. The van der Waals surface area contributed by atoms with Gasteiger partial charge in [0, 0.05) is 98.4 Å². The molecule has 0 amide bonds. The first-order chi connectivity index (χ1) is 72.7. The molecule has 19 aromatic carbocycles. The van der Waals surface area contributed by atoms with E-state index in [2.05, 4.69) is 445 Å². The first-order valence-electron chi connectivity index (χ1n) is 54.7. The number of anilines is 9. The Morgan fingerprint density at radius 3 is 0.884 bits per heavy atom. The second kappa shape index (κ2) is 34.0. The third kappa shape index (κ3) is 13.5. The molecule has 21 aromatic rings. The summed E-state index contributed by atoms with van der Waals surface area (Å²) in [5.41, 5.74) is 41.8. The molecule has 2 aromatic heterocycles. The lowest BCUT2D eigenvalue weighted by molar-refractivity contribution is -0.0399. The summed E-state index contributed by atoms with van der Waals surface area (Å²) < 4.78 is 8.83. The Kier molecular flexibility index (Phi) is 19.9. The number of hydrogen-bond donors (Lipinski definition) is 0. The van der Waals surface area contributed by atoms with E-state index in [-0.39, 0.29) is 16.2 Å². The van der Waals surface area contributed by atoms with Crippen molar-refractivity contribution in [3.63, 3.8) is 0 Å². The van der Waals surface area contributed by atoms with Crippen molar-refractivity contribution in [2.75, 3.05) is 14.7 Å². The molecule has 5 heteroatoms. The molecule has 710 valence electrons.